The van der Waals surface area contributed by atoms with Crippen molar-refractivity contribution >= 4 is 28.1 Å². The van der Waals surface area contributed by atoms with Gasteiger partial charge in [0.1, 0.15) is 5.04 Å². The first-order valence-electron chi connectivity index (χ1n) is 9.14. The lowest BCUT2D eigenvalue weighted by molar-refractivity contribution is 0.261. The highest BCUT2D eigenvalue weighted by Crippen LogP contribution is 2.45. The highest BCUT2D eigenvalue weighted by molar-refractivity contribution is 8.13. The van der Waals surface area contributed by atoms with E-state index in [4.69, 9.17) is 4.99 Å². The fourth-order valence-corrected chi connectivity index (χ4v) is 4.35. The van der Waals surface area contributed by atoms with Crippen molar-refractivity contribution in [3.8, 4) is 0 Å². The quantitative estimate of drug-likeness (QED) is 0.525. The molecule has 0 spiro atoms. The molecule has 2 aromatic rings. The summed E-state index contributed by atoms with van der Waals surface area (Å²) in [5, 5.41) is 7.75. The van der Waals surface area contributed by atoms with Crippen LogP contribution in [0.3, 0.4) is 0 Å². The van der Waals surface area contributed by atoms with E-state index in [0.717, 1.165) is 34.7 Å². The molecular formula is C22H27N3S. The highest BCUT2D eigenvalue weighted by atomic mass is 32.2. The van der Waals surface area contributed by atoms with Gasteiger partial charge >= 0.3 is 0 Å². The van der Waals surface area contributed by atoms with E-state index >= 15 is 0 Å². The van der Waals surface area contributed by atoms with Gasteiger partial charge in [-0.25, -0.2) is 4.99 Å². The third-order valence-corrected chi connectivity index (χ3v) is 6.37. The average molecular weight is 366 g/mol. The summed E-state index contributed by atoms with van der Waals surface area (Å²) >= 11 is 1.64. The molecule has 3 nitrogen and oxygen atoms in total. The molecule has 3 rings (SSSR count). The number of aromatic amines is 1. The predicted octanol–water partition coefficient (Wildman–Crippen LogP) is 5.96. The number of aromatic nitrogens is 2. The number of hydrogen-bond donors (Lipinski definition) is 1. The lowest BCUT2D eigenvalue weighted by atomic mass is 9.67. The smallest absolute Gasteiger partial charge is 0.104 e. The van der Waals surface area contributed by atoms with Gasteiger partial charge in [-0.15, -0.1) is 11.8 Å². The van der Waals surface area contributed by atoms with E-state index in [0.29, 0.717) is 5.41 Å². The molecule has 1 aliphatic carbocycles. The first-order chi connectivity index (χ1) is 12.5. The van der Waals surface area contributed by atoms with Gasteiger partial charge in [0.2, 0.25) is 0 Å². The fourth-order valence-electron chi connectivity index (χ4n) is 3.78. The minimum absolute atomic E-state index is 0.373. The van der Waals surface area contributed by atoms with Crippen molar-refractivity contribution in [1.82, 2.24) is 10.2 Å². The van der Waals surface area contributed by atoms with Crippen LogP contribution in [0.4, 0.5) is 0 Å². The highest BCUT2D eigenvalue weighted by Gasteiger charge is 2.33. The van der Waals surface area contributed by atoms with Gasteiger partial charge in [-0.3, -0.25) is 5.10 Å². The molecule has 0 unspecified atom stereocenters. The lowest BCUT2D eigenvalue weighted by Gasteiger charge is -2.38. The molecule has 1 aliphatic rings. The standard InChI is InChI=1S/C22H27N3S/c1-6-22(7-2)11-15(3)20-10-17(8-9-18(20)12-22)21(26-5)25-16(4)19-13-23-24-14-19/h8-10,13-14H,3-4,6-7,11-12H2,1-2,5H3,(H,23,24)/b25-21-. The van der Waals surface area contributed by atoms with Gasteiger partial charge < -0.3 is 0 Å². The molecule has 4 heteroatoms. The maximum absolute atomic E-state index is 4.74. The van der Waals surface area contributed by atoms with Crippen LogP contribution in [0.2, 0.25) is 0 Å². The molecule has 136 valence electrons. The van der Waals surface area contributed by atoms with E-state index in [1.807, 2.05) is 6.20 Å². The van der Waals surface area contributed by atoms with Crippen LogP contribution in [0.5, 0.6) is 0 Å². The summed E-state index contributed by atoms with van der Waals surface area (Å²) in [4.78, 5) is 4.74. The second-order valence-corrected chi connectivity index (χ2v) is 7.89. The minimum Gasteiger partial charge on any atom is -0.285 e. The first kappa shape index (κ1) is 18.7. The number of benzene rings is 1. The Bertz CT molecular complexity index is 842. The maximum atomic E-state index is 4.74. The van der Waals surface area contributed by atoms with Crippen LogP contribution in [0.25, 0.3) is 11.3 Å². The number of nitrogens with one attached hydrogen (secondary N) is 1. The summed E-state index contributed by atoms with van der Waals surface area (Å²) in [6.45, 7) is 13.1. The number of rotatable bonds is 5. The molecule has 1 aromatic heterocycles. The van der Waals surface area contributed by atoms with Crippen LogP contribution in [0.1, 0.15) is 55.4 Å². The normalized spacial score (nSPS) is 16.4. The van der Waals surface area contributed by atoms with Crippen LogP contribution in [0.15, 0.2) is 48.7 Å². The minimum atomic E-state index is 0.373. The molecule has 0 fully saturated rings. The zero-order chi connectivity index (χ0) is 18.7. The average Bonchev–Trinajstić information content (AvgIpc) is 3.20. The van der Waals surface area contributed by atoms with Crippen LogP contribution < -0.4 is 0 Å². The summed E-state index contributed by atoms with van der Waals surface area (Å²) in [6, 6.07) is 6.71. The Hall–Kier alpha value is -2.07. The molecule has 0 radical (unpaired) electrons. The monoisotopic (exact) mass is 365 g/mol. The van der Waals surface area contributed by atoms with Gasteiger partial charge in [0.25, 0.3) is 0 Å². The van der Waals surface area contributed by atoms with E-state index in [-0.39, 0.29) is 0 Å². The van der Waals surface area contributed by atoms with E-state index in [1.54, 1.807) is 18.0 Å². The van der Waals surface area contributed by atoms with Gasteiger partial charge in [-0.1, -0.05) is 39.1 Å². The molecule has 1 heterocycles. The van der Waals surface area contributed by atoms with E-state index in [2.05, 4.69) is 61.7 Å². The summed E-state index contributed by atoms with van der Waals surface area (Å²) in [5.41, 5.74) is 7.11. The summed E-state index contributed by atoms with van der Waals surface area (Å²) in [5.74, 6) is 0. The molecule has 0 atom stereocenters. The van der Waals surface area contributed by atoms with Crippen molar-refractivity contribution in [2.45, 2.75) is 39.5 Å². The van der Waals surface area contributed by atoms with Crippen LogP contribution in [-0.2, 0) is 6.42 Å². The maximum Gasteiger partial charge on any atom is 0.104 e. The lowest BCUT2D eigenvalue weighted by Crippen LogP contribution is -2.27. The topological polar surface area (TPSA) is 41.0 Å². The van der Waals surface area contributed by atoms with Crippen molar-refractivity contribution < 1.29 is 0 Å². The number of allylic oxidation sites excluding steroid dienone is 1. The van der Waals surface area contributed by atoms with E-state index in [1.165, 1.54) is 29.5 Å². The molecule has 1 N–H and O–H groups in total. The molecule has 0 saturated carbocycles. The molecule has 0 amide bonds. The van der Waals surface area contributed by atoms with Gasteiger partial charge in [-0.05, 0) is 60.1 Å². The molecule has 26 heavy (non-hydrogen) atoms. The SMILES string of the molecule is C=C(/N=C(\SC)c1ccc2c(c1)C(=C)CC(CC)(CC)C2)c1cn[nH]c1. The summed E-state index contributed by atoms with van der Waals surface area (Å²) in [6.07, 6.45) is 10.2. The summed E-state index contributed by atoms with van der Waals surface area (Å²) < 4.78 is 0. The van der Waals surface area contributed by atoms with Crippen LogP contribution >= 0.6 is 11.8 Å². The second kappa shape index (κ2) is 7.67. The number of nitrogens with zero attached hydrogens (tertiary/aromatic N) is 2. The fraction of sp³-hybridized carbons (Fsp3) is 0.364. The Labute approximate surface area is 160 Å². The largest absolute Gasteiger partial charge is 0.285 e. The van der Waals surface area contributed by atoms with Crippen LogP contribution in [-0.4, -0.2) is 21.5 Å². The molecule has 0 aliphatic heterocycles. The Morgan fingerprint density at radius 3 is 2.65 bits per heavy atom. The van der Waals surface area contributed by atoms with Gasteiger partial charge in [0.15, 0.2) is 0 Å². The van der Waals surface area contributed by atoms with Gasteiger partial charge in [0.05, 0.1) is 11.9 Å². The number of aliphatic imine (C=N–C) groups is 1. The van der Waals surface area contributed by atoms with Crippen molar-refractivity contribution in [1.29, 1.82) is 0 Å². The van der Waals surface area contributed by atoms with Gasteiger partial charge in [-0.2, -0.15) is 5.10 Å². The molecule has 0 bridgehead atoms. The zero-order valence-corrected chi connectivity index (χ0v) is 16.7. The zero-order valence-electron chi connectivity index (χ0n) is 15.9. The first-order valence-corrected chi connectivity index (χ1v) is 10.4. The van der Waals surface area contributed by atoms with Gasteiger partial charge in [0, 0.05) is 17.3 Å². The molecule has 0 saturated heterocycles. The number of H-pyrrole nitrogens is 1. The number of fused-ring (bicyclic) bond motifs is 1. The van der Waals surface area contributed by atoms with Crippen molar-refractivity contribution in [3.05, 3.63) is 66.0 Å². The summed E-state index contributed by atoms with van der Waals surface area (Å²) in [7, 11) is 0. The predicted molar refractivity (Wildman–Crippen MR) is 114 cm³/mol. The number of hydrogen-bond acceptors (Lipinski definition) is 3. The molecule has 1 aromatic carbocycles. The van der Waals surface area contributed by atoms with E-state index < -0.39 is 0 Å². The Morgan fingerprint density at radius 2 is 2.04 bits per heavy atom. The van der Waals surface area contributed by atoms with E-state index in [9.17, 15) is 0 Å². The van der Waals surface area contributed by atoms with Crippen molar-refractivity contribution in [2.24, 2.45) is 10.4 Å². The second-order valence-electron chi connectivity index (χ2n) is 7.09. The third kappa shape index (κ3) is 3.56. The van der Waals surface area contributed by atoms with Crippen LogP contribution in [0, 0.1) is 5.41 Å². The molecular weight excluding hydrogens is 338 g/mol. The third-order valence-electron chi connectivity index (χ3n) is 5.65. The van der Waals surface area contributed by atoms with Crippen molar-refractivity contribution in [3.63, 3.8) is 0 Å². The van der Waals surface area contributed by atoms with Crippen molar-refractivity contribution in [2.75, 3.05) is 6.26 Å². The number of thioether (sulfide) groups is 1. The Balaban J connectivity index is 1.94. The Kier molecular flexibility index (Phi) is 5.52. The Morgan fingerprint density at radius 1 is 1.27 bits per heavy atom.